The first kappa shape index (κ1) is 17.2. The normalized spacial score (nSPS) is 11.0. The van der Waals surface area contributed by atoms with Crippen LogP contribution < -0.4 is 5.32 Å². The van der Waals surface area contributed by atoms with Crippen LogP contribution >= 0.6 is 15.9 Å². The Balaban J connectivity index is 1.67. The van der Waals surface area contributed by atoms with Gasteiger partial charge >= 0.3 is 5.97 Å². The first-order valence-electron chi connectivity index (χ1n) is 8.15. The predicted molar refractivity (Wildman–Crippen MR) is 103 cm³/mol. The van der Waals surface area contributed by atoms with Crippen molar-refractivity contribution in [2.75, 3.05) is 5.32 Å². The molecule has 0 aliphatic heterocycles. The van der Waals surface area contributed by atoms with Crippen LogP contribution in [0.5, 0.6) is 0 Å². The molecule has 0 unspecified atom stereocenters. The Morgan fingerprint density at radius 3 is 2.89 bits per heavy atom. The zero-order valence-corrected chi connectivity index (χ0v) is 15.9. The summed E-state index contributed by atoms with van der Waals surface area (Å²) in [5.41, 5.74) is 3.11. The SMILES string of the molecule is Cc1nn2c(NCc3cccc(-n4cccn4)c3)cc(C(=O)O)nc2c1Br. The molecular formula is C18H15BrN6O2. The van der Waals surface area contributed by atoms with Crippen LogP contribution in [-0.4, -0.2) is 35.5 Å². The summed E-state index contributed by atoms with van der Waals surface area (Å²) in [6.45, 7) is 2.32. The summed E-state index contributed by atoms with van der Waals surface area (Å²) < 4.78 is 4.06. The van der Waals surface area contributed by atoms with Gasteiger partial charge in [0, 0.05) is 25.0 Å². The van der Waals surface area contributed by atoms with E-state index >= 15 is 0 Å². The van der Waals surface area contributed by atoms with E-state index in [9.17, 15) is 9.90 Å². The highest BCUT2D eigenvalue weighted by Crippen LogP contribution is 2.24. The molecule has 8 nitrogen and oxygen atoms in total. The number of anilines is 1. The van der Waals surface area contributed by atoms with Crippen molar-refractivity contribution in [2.45, 2.75) is 13.5 Å². The van der Waals surface area contributed by atoms with Gasteiger partial charge in [-0.15, -0.1) is 0 Å². The third kappa shape index (κ3) is 3.28. The van der Waals surface area contributed by atoms with Crippen LogP contribution in [0.4, 0.5) is 5.82 Å². The number of hydrogen-bond acceptors (Lipinski definition) is 5. The molecule has 2 N–H and O–H groups in total. The molecule has 0 radical (unpaired) electrons. The molecule has 1 aromatic carbocycles. The maximum absolute atomic E-state index is 11.4. The molecule has 0 saturated carbocycles. The maximum Gasteiger partial charge on any atom is 0.354 e. The Morgan fingerprint density at radius 1 is 1.30 bits per heavy atom. The quantitative estimate of drug-likeness (QED) is 0.508. The lowest BCUT2D eigenvalue weighted by Gasteiger charge is -2.10. The number of nitrogens with zero attached hydrogens (tertiary/aromatic N) is 5. The zero-order valence-electron chi connectivity index (χ0n) is 14.3. The van der Waals surface area contributed by atoms with E-state index in [-0.39, 0.29) is 5.69 Å². The Bertz CT molecular complexity index is 1140. The Morgan fingerprint density at radius 2 is 2.15 bits per heavy atom. The second kappa shape index (κ2) is 6.84. The molecule has 0 bridgehead atoms. The van der Waals surface area contributed by atoms with Crippen LogP contribution in [0, 0.1) is 6.92 Å². The number of carbonyl (C=O) groups is 1. The Kier molecular flexibility index (Phi) is 4.36. The number of aryl methyl sites for hydroxylation is 1. The Labute approximate surface area is 162 Å². The van der Waals surface area contributed by atoms with Gasteiger partial charge in [-0.3, -0.25) is 0 Å². The van der Waals surface area contributed by atoms with Crippen molar-refractivity contribution in [3.05, 3.63) is 70.2 Å². The number of aromatic nitrogens is 5. The number of nitrogens with one attached hydrogen (secondary N) is 1. The van der Waals surface area contributed by atoms with Crippen LogP contribution in [0.1, 0.15) is 21.7 Å². The summed E-state index contributed by atoms with van der Waals surface area (Å²) in [4.78, 5) is 15.6. The standard InChI is InChI=1S/C18H15BrN6O2/c1-11-16(19)17-22-14(18(26)27)9-15(25(17)23-11)20-10-12-4-2-5-13(8-12)24-7-3-6-21-24/h2-9,20H,10H2,1H3,(H,26,27). The number of carboxylic acids is 1. The van der Waals surface area contributed by atoms with Gasteiger partial charge in [0.25, 0.3) is 0 Å². The topological polar surface area (TPSA) is 97.3 Å². The molecule has 0 fully saturated rings. The van der Waals surface area contributed by atoms with Gasteiger partial charge in [-0.2, -0.15) is 14.7 Å². The minimum absolute atomic E-state index is 0.0455. The van der Waals surface area contributed by atoms with Gasteiger partial charge in [0.05, 0.1) is 15.9 Å². The zero-order chi connectivity index (χ0) is 19.0. The average molecular weight is 427 g/mol. The third-order valence-electron chi connectivity index (χ3n) is 4.06. The lowest BCUT2D eigenvalue weighted by molar-refractivity contribution is 0.0690. The number of carboxylic acid groups (broad SMARTS) is 1. The highest BCUT2D eigenvalue weighted by molar-refractivity contribution is 9.10. The second-order valence-electron chi connectivity index (χ2n) is 5.94. The monoisotopic (exact) mass is 426 g/mol. The van der Waals surface area contributed by atoms with E-state index in [0.717, 1.165) is 16.9 Å². The molecule has 9 heteroatoms. The third-order valence-corrected chi connectivity index (χ3v) is 4.99. The first-order valence-corrected chi connectivity index (χ1v) is 8.94. The summed E-state index contributed by atoms with van der Waals surface area (Å²) in [7, 11) is 0. The van der Waals surface area contributed by atoms with E-state index in [1.807, 2.05) is 43.5 Å². The summed E-state index contributed by atoms with van der Waals surface area (Å²) in [6, 6.07) is 11.3. The molecular weight excluding hydrogens is 412 g/mol. The van der Waals surface area contributed by atoms with Crippen LogP contribution in [0.15, 0.2) is 53.3 Å². The van der Waals surface area contributed by atoms with Crippen molar-refractivity contribution in [1.82, 2.24) is 24.4 Å². The average Bonchev–Trinajstić information content (AvgIpc) is 3.29. The first-order chi connectivity index (χ1) is 13.0. The molecule has 0 aliphatic carbocycles. The van der Waals surface area contributed by atoms with Crippen molar-refractivity contribution >= 4 is 33.4 Å². The number of hydrogen-bond donors (Lipinski definition) is 2. The largest absolute Gasteiger partial charge is 0.477 e. The molecule has 0 saturated heterocycles. The molecule has 4 rings (SSSR count). The molecule has 3 aromatic heterocycles. The van der Waals surface area contributed by atoms with Gasteiger partial charge < -0.3 is 10.4 Å². The van der Waals surface area contributed by atoms with E-state index in [2.05, 4.69) is 36.4 Å². The van der Waals surface area contributed by atoms with Gasteiger partial charge in [0.15, 0.2) is 11.3 Å². The number of benzene rings is 1. The fourth-order valence-electron chi connectivity index (χ4n) is 2.76. The minimum atomic E-state index is -1.09. The van der Waals surface area contributed by atoms with E-state index < -0.39 is 5.97 Å². The summed E-state index contributed by atoms with van der Waals surface area (Å²) in [5.74, 6) is -0.539. The van der Waals surface area contributed by atoms with Gasteiger partial charge in [-0.25, -0.2) is 14.5 Å². The Hall–Kier alpha value is -3.20. The maximum atomic E-state index is 11.4. The van der Waals surface area contributed by atoms with Gasteiger partial charge in [-0.05, 0) is 46.6 Å². The number of fused-ring (bicyclic) bond motifs is 1. The van der Waals surface area contributed by atoms with Crippen LogP contribution in [0.25, 0.3) is 11.3 Å². The molecule has 3 heterocycles. The van der Waals surface area contributed by atoms with Gasteiger partial charge in [0.1, 0.15) is 5.82 Å². The lowest BCUT2D eigenvalue weighted by Crippen LogP contribution is -2.10. The lowest BCUT2D eigenvalue weighted by atomic mass is 10.2. The molecule has 0 amide bonds. The van der Waals surface area contributed by atoms with Crippen molar-refractivity contribution < 1.29 is 9.90 Å². The highest BCUT2D eigenvalue weighted by atomic mass is 79.9. The number of rotatable bonds is 5. The summed E-state index contributed by atoms with van der Waals surface area (Å²) in [5, 5.41) is 21.3. The van der Waals surface area contributed by atoms with Crippen molar-refractivity contribution in [2.24, 2.45) is 0 Å². The van der Waals surface area contributed by atoms with E-state index in [1.54, 1.807) is 15.4 Å². The number of aromatic carboxylic acids is 1. The molecule has 0 atom stereocenters. The molecule has 0 aliphatic rings. The van der Waals surface area contributed by atoms with Crippen LogP contribution in [0.2, 0.25) is 0 Å². The summed E-state index contributed by atoms with van der Waals surface area (Å²) >= 11 is 3.42. The molecule has 4 aromatic rings. The number of halogens is 1. The highest BCUT2D eigenvalue weighted by Gasteiger charge is 2.16. The molecule has 136 valence electrons. The van der Waals surface area contributed by atoms with Crippen LogP contribution in [0.3, 0.4) is 0 Å². The van der Waals surface area contributed by atoms with Gasteiger partial charge in [-0.1, -0.05) is 12.1 Å². The van der Waals surface area contributed by atoms with Crippen molar-refractivity contribution in [1.29, 1.82) is 0 Å². The molecule has 27 heavy (non-hydrogen) atoms. The van der Waals surface area contributed by atoms with Crippen LogP contribution in [-0.2, 0) is 6.54 Å². The summed E-state index contributed by atoms with van der Waals surface area (Å²) in [6.07, 6.45) is 3.60. The van der Waals surface area contributed by atoms with E-state index in [1.165, 1.54) is 6.07 Å². The van der Waals surface area contributed by atoms with Crippen molar-refractivity contribution in [3.63, 3.8) is 0 Å². The fraction of sp³-hybridized carbons (Fsp3) is 0.111. The van der Waals surface area contributed by atoms with Crippen molar-refractivity contribution in [3.8, 4) is 5.69 Å². The molecule has 0 spiro atoms. The second-order valence-corrected chi connectivity index (χ2v) is 6.73. The predicted octanol–water partition coefficient (Wildman–Crippen LogP) is 3.30. The minimum Gasteiger partial charge on any atom is -0.477 e. The smallest absolute Gasteiger partial charge is 0.354 e. The van der Waals surface area contributed by atoms with E-state index in [0.29, 0.717) is 22.5 Å². The fourth-order valence-corrected chi connectivity index (χ4v) is 3.09. The van der Waals surface area contributed by atoms with Gasteiger partial charge in [0.2, 0.25) is 0 Å². The van der Waals surface area contributed by atoms with E-state index in [4.69, 9.17) is 0 Å².